The molecule has 7 nitrogen and oxygen atoms in total. The van der Waals surface area contributed by atoms with Gasteiger partial charge in [-0.05, 0) is 12.3 Å². The van der Waals surface area contributed by atoms with Crippen LogP contribution in [0.3, 0.4) is 0 Å². The van der Waals surface area contributed by atoms with E-state index in [0.29, 0.717) is 12.7 Å². The van der Waals surface area contributed by atoms with Crippen LogP contribution in [0, 0.1) is 11.8 Å². The summed E-state index contributed by atoms with van der Waals surface area (Å²) >= 11 is 0. The number of hydrogen-bond acceptors (Lipinski definition) is 7. The summed E-state index contributed by atoms with van der Waals surface area (Å²) in [6, 6.07) is 0. The van der Waals surface area contributed by atoms with E-state index in [4.69, 9.17) is 14.2 Å². The molecule has 0 aliphatic carbocycles. The van der Waals surface area contributed by atoms with Crippen LogP contribution in [0.15, 0.2) is 0 Å². The molecule has 1 heterocycles. The second kappa shape index (κ2) is 8.24. The molecular weight excluding hydrogens is 292 g/mol. The highest BCUT2D eigenvalue weighted by atomic mass is 16.6. The smallest absolute Gasteiger partial charge is 0.303 e. The Kier molecular flexibility index (Phi) is 6.96. The Labute approximate surface area is 129 Å². The molecule has 5 atom stereocenters. The average Bonchev–Trinajstić information content (AvgIpc) is 2.39. The topological polar surface area (TPSA) is 99.1 Å². The normalized spacial score (nSPS) is 31.6. The summed E-state index contributed by atoms with van der Waals surface area (Å²) < 4.78 is 15.8. The van der Waals surface area contributed by atoms with E-state index in [1.165, 1.54) is 13.8 Å². The van der Waals surface area contributed by atoms with Crippen molar-refractivity contribution in [3.05, 3.63) is 0 Å². The molecule has 1 saturated heterocycles. The van der Waals surface area contributed by atoms with Crippen LogP contribution < -0.4 is 0 Å². The first kappa shape index (κ1) is 18.6. The Bertz CT molecular complexity index is 407. The molecule has 0 radical (unpaired) electrons. The van der Waals surface area contributed by atoms with Gasteiger partial charge in [-0.15, -0.1) is 0 Å². The summed E-state index contributed by atoms with van der Waals surface area (Å²) in [5.41, 5.74) is 0. The molecule has 0 aromatic heterocycles. The molecule has 1 aliphatic heterocycles. The first-order valence-electron chi connectivity index (χ1n) is 7.35. The number of carbonyl (C=O) groups excluding carboxylic acids is 3. The summed E-state index contributed by atoms with van der Waals surface area (Å²) in [6.07, 6.45) is -2.31. The van der Waals surface area contributed by atoms with Crippen molar-refractivity contribution in [1.29, 1.82) is 0 Å². The second-order valence-electron chi connectivity index (χ2n) is 5.92. The van der Waals surface area contributed by atoms with E-state index in [1.807, 2.05) is 13.8 Å². The highest BCUT2D eigenvalue weighted by Crippen LogP contribution is 2.30. The molecule has 0 bridgehead atoms. The Hall–Kier alpha value is -1.47. The molecule has 0 saturated carbocycles. The lowest BCUT2D eigenvalue weighted by Crippen LogP contribution is -2.57. The molecular formula is C15H24O7. The van der Waals surface area contributed by atoms with E-state index in [2.05, 4.69) is 0 Å². The minimum Gasteiger partial charge on any atom is -0.463 e. The van der Waals surface area contributed by atoms with Gasteiger partial charge >= 0.3 is 11.9 Å². The van der Waals surface area contributed by atoms with Gasteiger partial charge in [0.1, 0.15) is 25.1 Å². The van der Waals surface area contributed by atoms with Crippen LogP contribution in [-0.4, -0.2) is 54.4 Å². The molecule has 126 valence electrons. The molecule has 0 aromatic carbocycles. The molecule has 5 unspecified atom stereocenters. The van der Waals surface area contributed by atoms with Gasteiger partial charge in [0.25, 0.3) is 0 Å². The van der Waals surface area contributed by atoms with E-state index in [1.54, 1.807) is 0 Å². The third kappa shape index (κ3) is 5.06. The molecule has 7 heteroatoms. The molecule has 0 aromatic rings. The number of carbonyl (C=O) groups is 3. The van der Waals surface area contributed by atoms with Crippen molar-refractivity contribution in [3.63, 3.8) is 0 Å². The van der Waals surface area contributed by atoms with Gasteiger partial charge in [0.15, 0.2) is 0 Å². The lowest BCUT2D eigenvalue weighted by atomic mass is 9.84. The molecule has 0 amide bonds. The third-order valence-electron chi connectivity index (χ3n) is 3.48. The maximum atomic E-state index is 11.4. The summed E-state index contributed by atoms with van der Waals surface area (Å²) in [4.78, 5) is 33.6. The van der Waals surface area contributed by atoms with Gasteiger partial charge in [0.05, 0.1) is 18.1 Å². The predicted molar refractivity (Wildman–Crippen MR) is 75.9 cm³/mol. The van der Waals surface area contributed by atoms with Gasteiger partial charge in [0, 0.05) is 13.8 Å². The molecule has 22 heavy (non-hydrogen) atoms. The van der Waals surface area contributed by atoms with Gasteiger partial charge in [-0.2, -0.15) is 0 Å². The van der Waals surface area contributed by atoms with Crippen LogP contribution in [0.25, 0.3) is 0 Å². The van der Waals surface area contributed by atoms with Gasteiger partial charge < -0.3 is 24.1 Å². The summed E-state index contributed by atoms with van der Waals surface area (Å²) in [5.74, 6) is -1.77. The Morgan fingerprint density at radius 2 is 1.86 bits per heavy atom. The minimum atomic E-state index is -1.07. The number of aliphatic hydroxyl groups is 1. The number of esters is 2. The van der Waals surface area contributed by atoms with Gasteiger partial charge in [-0.1, -0.05) is 13.8 Å². The Morgan fingerprint density at radius 3 is 2.32 bits per heavy atom. The van der Waals surface area contributed by atoms with Crippen molar-refractivity contribution >= 4 is 18.2 Å². The van der Waals surface area contributed by atoms with Gasteiger partial charge in [-0.25, -0.2) is 0 Å². The molecule has 0 spiro atoms. The largest absolute Gasteiger partial charge is 0.463 e. The fourth-order valence-corrected chi connectivity index (χ4v) is 2.57. The van der Waals surface area contributed by atoms with Crippen molar-refractivity contribution in [2.45, 2.75) is 58.5 Å². The van der Waals surface area contributed by atoms with Crippen LogP contribution in [-0.2, 0) is 28.6 Å². The van der Waals surface area contributed by atoms with Crippen molar-refractivity contribution < 1.29 is 33.7 Å². The maximum Gasteiger partial charge on any atom is 0.303 e. The monoisotopic (exact) mass is 316 g/mol. The van der Waals surface area contributed by atoms with Crippen molar-refractivity contribution in [3.8, 4) is 0 Å². The zero-order chi connectivity index (χ0) is 16.9. The molecule has 1 N–H and O–H groups in total. The van der Waals surface area contributed by atoms with Crippen molar-refractivity contribution in [1.82, 2.24) is 0 Å². The zero-order valence-electron chi connectivity index (χ0n) is 13.4. The fourth-order valence-electron chi connectivity index (χ4n) is 2.57. The van der Waals surface area contributed by atoms with Crippen LogP contribution >= 0.6 is 0 Å². The number of hydrogen-bond donors (Lipinski definition) is 1. The first-order valence-corrected chi connectivity index (χ1v) is 7.35. The van der Waals surface area contributed by atoms with E-state index < -0.39 is 42.3 Å². The lowest BCUT2D eigenvalue weighted by molar-refractivity contribution is -0.221. The van der Waals surface area contributed by atoms with E-state index in [9.17, 15) is 19.5 Å². The van der Waals surface area contributed by atoms with Crippen LogP contribution in [0.4, 0.5) is 0 Å². The summed E-state index contributed by atoms with van der Waals surface area (Å²) in [5, 5.41) is 10.3. The summed E-state index contributed by atoms with van der Waals surface area (Å²) in [6.45, 7) is 6.24. The number of aldehydes is 1. The lowest BCUT2D eigenvalue weighted by Gasteiger charge is -2.42. The third-order valence-corrected chi connectivity index (χ3v) is 3.48. The number of rotatable bonds is 6. The maximum absolute atomic E-state index is 11.4. The number of aliphatic hydroxyl groups excluding tert-OH is 1. The van der Waals surface area contributed by atoms with Crippen LogP contribution in [0.1, 0.15) is 34.1 Å². The van der Waals surface area contributed by atoms with Gasteiger partial charge in [0.2, 0.25) is 0 Å². The first-order chi connectivity index (χ1) is 10.3. The number of ether oxygens (including phenoxy) is 3. The van der Waals surface area contributed by atoms with E-state index in [-0.39, 0.29) is 12.5 Å². The van der Waals surface area contributed by atoms with Crippen LogP contribution in [0.5, 0.6) is 0 Å². The Morgan fingerprint density at radius 1 is 1.23 bits per heavy atom. The quantitative estimate of drug-likeness (QED) is 0.561. The molecule has 1 rings (SSSR count). The van der Waals surface area contributed by atoms with Gasteiger partial charge in [-0.3, -0.25) is 9.59 Å². The van der Waals surface area contributed by atoms with E-state index in [0.717, 1.165) is 0 Å². The zero-order valence-corrected chi connectivity index (χ0v) is 13.4. The van der Waals surface area contributed by atoms with Crippen molar-refractivity contribution in [2.75, 3.05) is 6.61 Å². The SMILES string of the molecule is CC(=O)OCC1OC(CC(C)C)C(O)C(C=O)C1OC(C)=O. The minimum absolute atomic E-state index is 0.140. The Balaban J connectivity index is 2.95. The van der Waals surface area contributed by atoms with Crippen molar-refractivity contribution in [2.24, 2.45) is 11.8 Å². The highest BCUT2D eigenvalue weighted by Gasteiger charge is 2.47. The average molecular weight is 316 g/mol. The van der Waals surface area contributed by atoms with Crippen LogP contribution in [0.2, 0.25) is 0 Å². The standard InChI is InChI=1S/C15H24O7/c1-8(2)5-12-14(19)11(6-16)15(21-10(4)18)13(22-12)7-20-9(3)17/h6,8,11-15,19H,5,7H2,1-4H3. The highest BCUT2D eigenvalue weighted by molar-refractivity contribution is 5.67. The molecule has 1 aliphatic rings. The second-order valence-corrected chi connectivity index (χ2v) is 5.92. The summed E-state index contributed by atoms with van der Waals surface area (Å²) in [7, 11) is 0. The molecule has 1 fully saturated rings. The fraction of sp³-hybridized carbons (Fsp3) is 0.800. The predicted octanol–water partition coefficient (Wildman–Crippen LogP) is 0.471. The van der Waals surface area contributed by atoms with E-state index >= 15 is 0 Å².